The molecule has 0 aliphatic carbocycles. The van der Waals surface area contributed by atoms with E-state index in [1.807, 2.05) is 24.1 Å². The SMILES string of the molecule is Cc1cnn(CC(=O)N2CCOCC2c2ccn[nH]2)c1. The zero-order chi connectivity index (χ0) is 13.9. The number of aryl methyl sites for hydroxylation is 1. The minimum Gasteiger partial charge on any atom is -0.377 e. The summed E-state index contributed by atoms with van der Waals surface area (Å²) in [5.74, 6) is 0.0380. The maximum absolute atomic E-state index is 12.5. The molecule has 106 valence electrons. The minimum atomic E-state index is -0.101. The van der Waals surface area contributed by atoms with Gasteiger partial charge in [0.25, 0.3) is 0 Å². The first-order valence-electron chi connectivity index (χ1n) is 6.59. The van der Waals surface area contributed by atoms with Crippen LogP contribution in [0.4, 0.5) is 0 Å². The molecule has 7 heteroatoms. The number of rotatable bonds is 3. The number of carbonyl (C=O) groups excluding carboxylic acids is 1. The molecule has 0 radical (unpaired) electrons. The third-order valence-electron chi connectivity index (χ3n) is 3.39. The molecule has 0 bridgehead atoms. The molecule has 1 atom stereocenters. The van der Waals surface area contributed by atoms with Crippen LogP contribution in [0.5, 0.6) is 0 Å². The van der Waals surface area contributed by atoms with E-state index >= 15 is 0 Å². The minimum absolute atomic E-state index is 0.0380. The number of amides is 1. The van der Waals surface area contributed by atoms with Gasteiger partial charge >= 0.3 is 0 Å². The predicted molar refractivity (Wildman–Crippen MR) is 70.8 cm³/mol. The third kappa shape index (κ3) is 2.57. The lowest BCUT2D eigenvalue weighted by atomic mass is 10.1. The lowest BCUT2D eigenvalue weighted by Crippen LogP contribution is -2.45. The highest BCUT2D eigenvalue weighted by atomic mass is 16.5. The van der Waals surface area contributed by atoms with E-state index in [2.05, 4.69) is 15.3 Å². The van der Waals surface area contributed by atoms with Gasteiger partial charge in [0, 0.05) is 18.9 Å². The topological polar surface area (TPSA) is 76.0 Å². The molecule has 0 aromatic carbocycles. The Morgan fingerprint density at radius 3 is 3.20 bits per heavy atom. The van der Waals surface area contributed by atoms with E-state index < -0.39 is 0 Å². The van der Waals surface area contributed by atoms with Gasteiger partial charge in [0.05, 0.1) is 31.1 Å². The monoisotopic (exact) mass is 275 g/mol. The van der Waals surface area contributed by atoms with Gasteiger partial charge in [0.2, 0.25) is 5.91 Å². The Morgan fingerprint density at radius 1 is 1.60 bits per heavy atom. The van der Waals surface area contributed by atoms with Crippen LogP contribution < -0.4 is 0 Å². The molecule has 1 fully saturated rings. The lowest BCUT2D eigenvalue weighted by Gasteiger charge is -2.34. The number of hydrogen-bond donors (Lipinski definition) is 1. The number of H-pyrrole nitrogens is 1. The molecule has 2 aromatic heterocycles. The number of hydrogen-bond acceptors (Lipinski definition) is 4. The van der Waals surface area contributed by atoms with E-state index in [0.29, 0.717) is 19.8 Å². The summed E-state index contributed by atoms with van der Waals surface area (Å²) in [6.07, 6.45) is 5.30. The van der Waals surface area contributed by atoms with Gasteiger partial charge in [0.1, 0.15) is 6.54 Å². The Balaban J connectivity index is 1.74. The average molecular weight is 275 g/mol. The molecule has 1 unspecified atom stereocenters. The molecule has 20 heavy (non-hydrogen) atoms. The Hall–Kier alpha value is -2.15. The molecular weight excluding hydrogens is 258 g/mol. The van der Waals surface area contributed by atoms with Crippen molar-refractivity contribution in [2.24, 2.45) is 0 Å². The molecule has 1 aliphatic heterocycles. The standard InChI is InChI=1S/C13H17N5O2/c1-10-6-15-17(7-10)8-13(19)18-4-5-20-9-12(18)11-2-3-14-16-11/h2-3,6-7,12H,4-5,8-9H2,1H3,(H,14,16). The van der Waals surface area contributed by atoms with E-state index in [1.54, 1.807) is 17.1 Å². The Morgan fingerprint density at radius 2 is 2.50 bits per heavy atom. The van der Waals surface area contributed by atoms with Gasteiger partial charge in [-0.15, -0.1) is 0 Å². The quantitative estimate of drug-likeness (QED) is 0.885. The number of nitrogens with zero attached hydrogens (tertiary/aromatic N) is 4. The van der Waals surface area contributed by atoms with Crippen molar-refractivity contribution in [1.29, 1.82) is 0 Å². The summed E-state index contributed by atoms with van der Waals surface area (Å²) < 4.78 is 7.14. The first kappa shape index (κ1) is 12.9. The first-order valence-corrected chi connectivity index (χ1v) is 6.59. The summed E-state index contributed by atoms with van der Waals surface area (Å²) in [7, 11) is 0. The summed E-state index contributed by atoms with van der Waals surface area (Å²) in [5, 5.41) is 11.0. The zero-order valence-corrected chi connectivity index (χ0v) is 11.3. The summed E-state index contributed by atoms with van der Waals surface area (Å²) in [5.41, 5.74) is 1.94. The highest BCUT2D eigenvalue weighted by molar-refractivity contribution is 5.76. The van der Waals surface area contributed by atoms with Crippen LogP contribution in [0.1, 0.15) is 17.3 Å². The van der Waals surface area contributed by atoms with E-state index in [-0.39, 0.29) is 18.5 Å². The fourth-order valence-electron chi connectivity index (χ4n) is 2.39. The van der Waals surface area contributed by atoms with Crippen LogP contribution in [0.25, 0.3) is 0 Å². The van der Waals surface area contributed by atoms with Gasteiger partial charge in [-0.3, -0.25) is 14.6 Å². The van der Waals surface area contributed by atoms with Crippen molar-refractivity contribution in [3.63, 3.8) is 0 Å². The summed E-state index contributed by atoms with van der Waals surface area (Å²) in [6, 6.07) is 1.77. The van der Waals surface area contributed by atoms with Crippen molar-refractivity contribution in [1.82, 2.24) is 24.9 Å². The number of nitrogens with one attached hydrogen (secondary N) is 1. The highest BCUT2D eigenvalue weighted by Crippen LogP contribution is 2.22. The number of morpholine rings is 1. The van der Waals surface area contributed by atoms with Crippen molar-refractivity contribution < 1.29 is 9.53 Å². The molecule has 3 rings (SSSR count). The van der Waals surface area contributed by atoms with Crippen LogP contribution in [0.3, 0.4) is 0 Å². The van der Waals surface area contributed by atoms with E-state index in [9.17, 15) is 4.79 Å². The molecular formula is C13H17N5O2. The highest BCUT2D eigenvalue weighted by Gasteiger charge is 2.29. The van der Waals surface area contributed by atoms with Gasteiger partial charge in [-0.2, -0.15) is 10.2 Å². The summed E-state index contributed by atoms with van der Waals surface area (Å²) in [4.78, 5) is 14.3. The second kappa shape index (κ2) is 5.46. The number of aromatic amines is 1. The van der Waals surface area contributed by atoms with Gasteiger partial charge in [-0.25, -0.2) is 0 Å². The summed E-state index contributed by atoms with van der Waals surface area (Å²) in [6.45, 7) is 3.85. The van der Waals surface area contributed by atoms with E-state index in [0.717, 1.165) is 11.3 Å². The average Bonchev–Trinajstić information content (AvgIpc) is 3.10. The second-order valence-corrected chi connectivity index (χ2v) is 4.91. The number of carbonyl (C=O) groups is 1. The fourth-order valence-corrected chi connectivity index (χ4v) is 2.39. The lowest BCUT2D eigenvalue weighted by molar-refractivity contribution is -0.141. The molecule has 1 amide bonds. The normalized spacial score (nSPS) is 19.2. The molecule has 1 aliphatic rings. The molecule has 1 saturated heterocycles. The van der Waals surface area contributed by atoms with Crippen LogP contribution in [0.15, 0.2) is 24.7 Å². The van der Waals surface area contributed by atoms with Crippen LogP contribution in [0, 0.1) is 6.92 Å². The van der Waals surface area contributed by atoms with Crippen molar-refractivity contribution in [2.75, 3.05) is 19.8 Å². The second-order valence-electron chi connectivity index (χ2n) is 4.91. The van der Waals surface area contributed by atoms with Crippen molar-refractivity contribution >= 4 is 5.91 Å². The third-order valence-corrected chi connectivity index (χ3v) is 3.39. The van der Waals surface area contributed by atoms with Gasteiger partial charge in [-0.05, 0) is 18.6 Å². The maximum Gasteiger partial charge on any atom is 0.245 e. The van der Waals surface area contributed by atoms with Crippen LogP contribution in [-0.4, -0.2) is 50.5 Å². The van der Waals surface area contributed by atoms with Crippen LogP contribution >= 0.6 is 0 Å². The van der Waals surface area contributed by atoms with Crippen molar-refractivity contribution in [2.45, 2.75) is 19.5 Å². The Kier molecular flexibility index (Phi) is 3.51. The molecule has 0 spiro atoms. The van der Waals surface area contributed by atoms with Crippen molar-refractivity contribution in [3.8, 4) is 0 Å². The molecule has 3 heterocycles. The molecule has 7 nitrogen and oxygen atoms in total. The first-order chi connectivity index (χ1) is 9.74. The largest absolute Gasteiger partial charge is 0.377 e. The maximum atomic E-state index is 12.5. The molecule has 1 N–H and O–H groups in total. The smallest absolute Gasteiger partial charge is 0.245 e. The molecule has 0 saturated carbocycles. The molecule has 2 aromatic rings. The number of aromatic nitrogens is 4. The Labute approximate surface area is 116 Å². The van der Waals surface area contributed by atoms with Crippen LogP contribution in [-0.2, 0) is 16.1 Å². The summed E-state index contributed by atoms with van der Waals surface area (Å²) >= 11 is 0. The van der Waals surface area contributed by atoms with E-state index in [1.165, 1.54) is 0 Å². The van der Waals surface area contributed by atoms with E-state index in [4.69, 9.17) is 4.74 Å². The fraction of sp³-hybridized carbons (Fsp3) is 0.462. The zero-order valence-electron chi connectivity index (χ0n) is 11.3. The van der Waals surface area contributed by atoms with Gasteiger partial charge in [0.15, 0.2) is 0 Å². The van der Waals surface area contributed by atoms with Crippen LogP contribution in [0.2, 0.25) is 0 Å². The predicted octanol–water partition coefficient (Wildman–Crippen LogP) is 0.515. The van der Waals surface area contributed by atoms with Gasteiger partial charge in [-0.1, -0.05) is 0 Å². The Bertz CT molecular complexity index is 577. The number of ether oxygens (including phenoxy) is 1. The van der Waals surface area contributed by atoms with Crippen molar-refractivity contribution in [3.05, 3.63) is 35.9 Å². The van der Waals surface area contributed by atoms with Gasteiger partial charge < -0.3 is 9.64 Å².